The van der Waals surface area contributed by atoms with Gasteiger partial charge in [0.05, 0.1) is 12.6 Å². The Kier molecular flexibility index (Phi) is 8.19. The van der Waals surface area contributed by atoms with Crippen LogP contribution in [0, 0.1) is 11.7 Å². The van der Waals surface area contributed by atoms with Crippen molar-refractivity contribution in [3.63, 3.8) is 0 Å². The van der Waals surface area contributed by atoms with Gasteiger partial charge in [-0.25, -0.2) is 13.2 Å². The van der Waals surface area contributed by atoms with Gasteiger partial charge >= 0.3 is 0 Å². The number of hydrogen-bond acceptors (Lipinski definition) is 4. The van der Waals surface area contributed by atoms with Crippen molar-refractivity contribution < 1.29 is 18.0 Å². The maximum Gasteiger partial charge on any atom is 0.277 e. The van der Waals surface area contributed by atoms with Crippen LogP contribution in [-0.2, 0) is 11.2 Å². The lowest BCUT2D eigenvalue weighted by Gasteiger charge is -2.26. The van der Waals surface area contributed by atoms with Gasteiger partial charge in [-0.05, 0) is 61.4 Å². The molecule has 1 heterocycles. The molecule has 0 spiro atoms. The van der Waals surface area contributed by atoms with Crippen molar-refractivity contribution in [2.75, 3.05) is 19.8 Å². The summed E-state index contributed by atoms with van der Waals surface area (Å²) in [6.07, 6.45) is 6.88. The number of likely N-dealkylation sites (N-methyl/N-ethyl adjacent to an activating group) is 1. The molecule has 0 bridgehead atoms. The van der Waals surface area contributed by atoms with Gasteiger partial charge < -0.3 is 4.79 Å². The average molecular weight is 451 g/mol. The van der Waals surface area contributed by atoms with Gasteiger partial charge in [0, 0.05) is 12.0 Å². The van der Waals surface area contributed by atoms with Crippen LogP contribution in [0.1, 0.15) is 24.8 Å². The molecule has 1 N–H and O–H groups in total. The second-order valence-electron chi connectivity index (χ2n) is 8.29. The van der Waals surface area contributed by atoms with E-state index in [0.717, 1.165) is 35.8 Å². The Bertz CT molecular complexity index is 875. The highest BCUT2D eigenvalue weighted by molar-refractivity contribution is 7.96. The van der Waals surface area contributed by atoms with Gasteiger partial charge in [0.15, 0.2) is 0 Å². The minimum Gasteiger partial charge on any atom is -0.303 e. The highest BCUT2D eigenvalue weighted by Gasteiger charge is 2.52. The summed E-state index contributed by atoms with van der Waals surface area (Å²) in [5.41, 5.74) is 2.63. The van der Waals surface area contributed by atoms with Crippen LogP contribution in [0.2, 0.25) is 0 Å². The van der Waals surface area contributed by atoms with Crippen LogP contribution in [-0.4, -0.2) is 49.0 Å². The molecule has 1 aliphatic carbocycles. The maximum atomic E-state index is 14.2. The summed E-state index contributed by atoms with van der Waals surface area (Å²) in [6.45, 7) is -0.251. The molecule has 2 fully saturated rings. The zero-order valence-corrected chi connectivity index (χ0v) is 18.7. The van der Waals surface area contributed by atoms with E-state index in [0.29, 0.717) is 12.3 Å². The smallest absolute Gasteiger partial charge is 0.277 e. The second-order valence-corrected chi connectivity index (χ2v) is 8.93. The third kappa shape index (κ3) is 6.11. The summed E-state index contributed by atoms with van der Waals surface area (Å²) in [5.74, 6) is -2.62. The number of likely N-dealkylation sites (tertiary alicyclic amines) is 1. The number of rotatable bonds is 6. The molecule has 2 aliphatic rings. The SMILES string of the molecule is CSNC1C(Cc2cccc(-c3cccc(F)c3)c2)N(C)CC1(F)F.O=CC1CCC1. The first-order chi connectivity index (χ1) is 14.8. The fourth-order valence-electron chi connectivity index (χ4n) is 4.01. The van der Waals surface area contributed by atoms with E-state index in [1.165, 1.54) is 30.5 Å². The Morgan fingerprint density at radius 2 is 1.84 bits per heavy atom. The Morgan fingerprint density at radius 1 is 1.16 bits per heavy atom. The van der Waals surface area contributed by atoms with E-state index in [2.05, 4.69) is 4.72 Å². The molecule has 2 atom stereocenters. The number of nitrogens with zero attached hydrogens (tertiary/aromatic N) is 1. The van der Waals surface area contributed by atoms with E-state index in [-0.39, 0.29) is 18.4 Å². The first-order valence-electron chi connectivity index (χ1n) is 10.5. The number of hydrogen-bond donors (Lipinski definition) is 1. The number of carbonyl (C=O) groups excluding carboxylic acids is 1. The molecule has 4 rings (SSSR count). The summed E-state index contributed by atoms with van der Waals surface area (Å²) in [6, 6.07) is 12.9. The molecule has 0 aromatic heterocycles. The number of alkyl halides is 2. The van der Waals surface area contributed by atoms with E-state index >= 15 is 0 Å². The maximum absolute atomic E-state index is 14.2. The zero-order chi connectivity index (χ0) is 22.4. The Hall–Kier alpha value is -1.83. The van der Waals surface area contributed by atoms with Crippen molar-refractivity contribution in [2.24, 2.45) is 5.92 Å². The number of nitrogens with one attached hydrogen (secondary N) is 1. The summed E-state index contributed by atoms with van der Waals surface area (Å²) in [4.78, 5) is 11.5. The third-order valence-corrected chi connectivity index (χ3v) is 6.47. The first-order valence-corrected chi connectivity index (χ1v) is 11.7. The van der Waals surface area contributed by atoms with Gasteiger partial charge in [-0.15, -0.1) is 0 Å². The molecule has 0 amide bonds. The summed E-state index contributed by atoms with van der Waals surface area (Å²) >= 11 is 1.22. The molecule has 1 saturated carbocycles. The fourth-order valence-corrected chi connectivity index (χ4v) is 4.60. The lowest BCUT2D eigenvalue weighted by Crippen LogP contribution is -2.46. The van der Waals surface area contributed by atoms with E-state index in [9.17, 15) is 18.0 Å². The molecule has 2 aromatic carbocycles. The molecule has 1 saturated heterocycles. The van der Waals surface area contributed by atoms with E-state index < -0.39 is 12.0 Å². The Morgan fingerprint density at radius 3 is 2.39 bits per heavy atom. The van der Waals surface area contributed by atoms with E-state index in [1.807, 2.05) is 30.3 Å². The minimum absolute atomic E-state index is 0.251. The topological polar surface area (TPSA) is 32.3 Å². The normalized spacial score (nSPS) is 23.0. The van der Waals surface area contributed by atoms with Crippen LogP contribution in [0.3, 0.4) is 0 Å². The van der Waals surface area contributed by atoms with Crippen LogP contribution < -0.4 is 4.72 Å². The second kappa shape index (κ2) is 10.7. The largest absolute Gasteiger partial charge is 0.303 e. The van der Waals surface area contributed by atoms with Crippen LogP contribution in [0.25, 0.3) is 11.1 Å². The van der Waals surface area contributed by atoms with E-state index in [1.54, 1.807) is 24.3 Å². The standard InChI is InChI=1S/C19H21F3N2S.C5H8O/c1-24-12-19(21,22)18(23-25-2)17(24)10-13-5-3-6-14(9-13)15-7-4-8-16(20)11-15;6-4-5-2-1-3-5/h3-9,11,17-18,23H,10,12H2,1-2H3;4-5H,1-3H2. The number of aldehydes is 1. The predicted octanol–water partition coefficient (Wildman–Crippen LogP) is 5.21. The molecular weight excluding hydrogens is 421 g/mol. The molecule has 7 heteroatoms. The lowest BCUT2D eigenvalue weighted by atomic mass is 9.87. The van der Waals surface area contributed by atoms with Gasteiger partial charge in [0.25, 0.3) is 5.92 Å². The summed E-state index contributed by atoms with van der Waals surface area (Å²) in [7, 11) is 1.73. The Labute approximate surface area is 186 Å². The molecule has 168 valence electrons. The molecule has 3 nitrogen and oxygen atoms in total. The molecule has 0 radical (unpaired) electrons. The number of carbonyl (C=O) groups is 1. The average Bonchev–Trinajstić information content (AvgIpc) is 2.90. The highest BCUT2D eigenvalue weighted by atomic mass is 32.2. The number of benzene rings is 2. The zero-order valence-electron chi connectivity index (χ0n) is 17.9. The van der Waals surface area contributed by atoms with Crippen molar-refractivity contribution in [1.29, 1.82) is 0 Å². The van der Waals surface area contributed by atoms with Crippen LogP contribution in [0.4, 0.5) is 13.2 Å². The fraction of sp³-hybridized carbons (Fsp3) is 0.458. The van der Waals surface area contributed by atoms with Crippen molar-refractivity contribution >= 4 is 18.2 Å². The predicted molar refractivity (Wildman–Crippen MR) is 121 cm³/mol. The monoisotopic (exact) mass is 450 g/mol. The van der Waals surface area contributed by atoms with Crippen molar-refractivity contribution in [3.8, 4) is 11.1 Å². The first kappa shape index (κ1) is 23.8. The molecule has 1 aliphatic heterocycles. The molecule has 2 unspecified atom stereocenters. The highest BCUT2D eigenvalue weighted by Crippen LogP contribution is 2.34. The third-order valence-electron chi connectivity index (χ3n) is 5.98. The lowest BCUT2D eigenvalue weighted by molar-refractivity contribution is -0.113. The Balaban J connectivity index is 0.000000391. The summed E-state index contributed by atoms with van der Waals surface area (Å²) < 4.78 is 44.8. The van der Waals surface area contributed by atoms with Gasteiger partial charge in [-0.1, -0.05) is 54.8 Å². The van der Waals surface area contributed by atoms with Gasteiger partial charge in [-0.3, -0.25) is 9.62 Å². The van der Waals surface area contributed by atoms with Gasteiger partial charge in [-0.2, -0.15) is 0 Å². The molecular formula is C24H29F3N2OS. The van der Waals surface area contributed by atoms with Crippen LogP contribution >= 0.6 is 11.9 Å². The molecule has 2 aromatic rings. The van der Waals surface area contributed by atoms with Gasteiger partial charge in [0.1, 0.15) is 12.1 Å². The van der Waals surface area contributed by atoms with Crippen LogP contribution in [0.15, 0.2) is 48.5 Å². The number of halogens is 3. The van der Waals surface area contributed by atoms with Crippen molar-refractivity contribution in [1.82, 2.24) is 9.62 Å². The quantitative estimate of drug-likeness (QED) is 0.484. The van der Waals surface area contributed by atoms with Crippen molar-refractivity contribution in [2.45, 2.75) is 43.7 Å². The minimum atomic E-state index is -2.76. The molecule has 31 heavy (non-hydrogen) atoms. The van der Waals surface area contributed by atoms with Crippen molar-refractivity contribution in [3.05, 3.63) is 59.9 Å². The van der Waals surface area contributed by atoms with Crippen LogP contribution in [0.5, 0.6) is 0 Å². The summed E-state index contributed by atoms with van der Waals surface area (Å²) in [5, 5.41) is 0. The van der Waals surface area contributed by atoms with E-state index in [4.69, 9.17) is 0 Å². The van der Waals surface area contributed by atoms with Gasteiger partial charge in [0.2, 0.25) is 0 Å².